The second-order valence-corrected chi connectivity index (χ2v) is 3.54. The Balaban J connectivity index is 2.15. The first-order chi connectivity index (χ1) is 6.47. The normalized spacial score (nSPS) is 17.7. The number of nitrogens with zero attached hydrogens (tertiary/aromatic N) is 1. The van der Waals surface area contributed by atoms with Gasteiger partial charge in [0.05, 0.1) is 12.0 Å². The molecule has 1 unspecified atom stereocenters. The molecule has 1 N–H and O–H groups in total. The number of anilines is 1. The maximum Gasteiger partial charge on any atom is 0.200 e. The number of rotatable bonds is 1. The second kappa shape index (κ2) is 4.40. The van der Waals surface area contributed by atoms with Crippen LogP contribution >= 0.6 is 8.67 Å². The molecule has 1 fully saturated rings. The van der Waals surface area contributed by atoms with Gasteiger partial charge in [-0.1, -0.05) is 0 Å². The smallest absolute Gasteiger partial charge is 0.200 e. The lowest BCUT2D eigenvalue weighted by atomic mass is 10.3. The van der Waals surface area contributed by atoms with Gasteiger partial charge in [-0.3, -0.25) is 0 Å². The highest BCUT2D eigenvalue weighted by Gasteiger charge is 2.09. The van der Waals surface area contributed by atoms with Crippen LogP contribution in [-0.4, -0.2) is 26.2 Å². The number of piperazine rings is 1. The average molecular weight is 200 g/mol. The van der Waals surface area contributed by atoms with Crippen LogP contribution in [0.25, 0.3) is 0 Å². The first-order valence-corrected chi connectivity index (χ1v) is 5.17. The van der Waals surface area contributed by atoms with E-state index in [2.05, 4.69) is 10.2 Å². The van der Waals surface area contributed by atoms with E-state index in [1.54, 1.807) is 12.5 Å². The lowest BCUT2D eigenvalue weighted by Gasteiger charge is -2.28. The zero-order valence-electron chi connectivity index (χ0n) is 7.32. The largest absolute Gasteiger partial charge is 0.430 e. The van der Waals surface area contributed by atoms with Crippen LogP contribution in [-0.2, 0) is 0 Å². The Morgan fingerprint density at radius 1 is 1.31 bits per heavy atom. The Morgan fingerprint density at radius 2 is 2.15 bits per heavy atom. The summed E-state index contributed by atoms with van der Waals surface area (Å²) in [4.78, 5) is 2.28. The zero-order chi connectivity index (χ0) is 8.93. The minimum absolute atomic E-state index is 0.0895. The van der Waals surface area contributed by atoms with Crippen molar-refractivity contribution in [3.63, 3.8) is 0 Å². The number of hydrogen-bond acceptors (Lipinski definition) is 4. The highest BCUT2D eigenvalue weighted by Crippen LogP contribution is 2.14. The molecule has 13 heavy (non-hydrogen) atoms. The van der Waals surface area contributed by atoms with Gasteiger partial charge in [-0.2, -0.15) is 0 Å². The van der Waals surface area contributed by atoms with Crippen molar-refractivity contribution in [1.29, 1.82) is 0 Å². The van der Waals surface area contributed by atoms with Gasteiger partial charge >= 0.3 is 0 Å². The molecule has 1 aromatic rings. The van der Waals surface area contributed by atoms with Crippen LogP contribution in [0.2, 0.25) is 0 Å². The van der Waals surface area contributed by atoms with Gasteiger partial charge < -0.3 is 18.6 Å². The quantitative estimate of drug-likeness (QED) is 0.744. The summed E-state index contributed by atoms with van der Waals surface area (Å²) < 4.78 is 10.2. The minimum Gasteiger partial charge on any atom is -0.430 e. The van der Waals surface area contributed by atoms with E-state index < -0.39 is 0 Å². The molecule has 1 atom stereocenters. The maximum atomic E-state index is 5.18. The molecule has 5 heteroatoms. The molecule has 1 saturated heterocycles. The van der Waals surface area contributed by atoms with Gasteiger partial charge in [0.15, 0.2) is 0 Å². The Morgan fingerprint density at radius 3 is 3.00 bits per heavy atom. The molecule has 72 valence electrons. The molecule has 0 aromatic carbocycles. The van der Waals surface area contributed by atoms with Gasteiger partial charge in [-0.05, 0) is 0 Å². The van der Waals surface area contributed by atoms with E-state index in [4.69, 9.17) is 8.39 Å². The summed E-state index contributed by atoms with van der Waals surface area (Å²) in [5.74, 6) is 0. The van der Waals surface area contributed by atoms with E-state index in [1.807, 2.05) is 6.07 Å². The van der Waals surface area contributed by atoms with E-state index in [-0.39, 0.29) is 8.67 Å². The van der Waals surface area contributed by atoms with Crippen molar-refractivity contribution in [1.82, 2.24) is 5.32 Å². The van der Waals surface area contributed by atoms with E-state index in [0.717, 1.165) is 31.9 Å². The van der Waals surface area contributed by atoms with Gasteiger partial charge in [-0.25, -0.2) is 0 Å². The lowest BCUT2D eigenvalue weighted by Crippen LogP contribution is -2.43. The molecule has 4 nitrogen and oxygen atoms in total. The molecule has 1 aliphatic rings. The van der Waals surface area contributed by atoms with Gasteiger partial charge in [0.25, 0.3) is 0 Å². The summed E-state index contributed by atoms with van der Waals surface area (Å²) in [6, 6.07) is 1.95. The third-order valence-corrected chi connectivity index (χ3v) is 2.51. The fourth-order valence-electron chi connectivity index (χ4n) is 1.39. The summed E-state index contributed by atoms with van der Waals surface area (Å²) in [6.07, 6.45) is 3.46. The second-order valence-electron chi connectivity index (χ2n) is 2.90. The molecular formula is C8H13N2O2P. The van der Waals surface area contributed by atoms with E-state index in [0.29, 0.717) is 0 Å². The molecule has 0 radical (unpaired) electrons. The predicted octanol–water partition coefficient (Wildman–Crippen LogP) is 1.44. The van der Waals surface area contributed by atoms with Crippen molar-refractivity contribution < 1.29 is 8.39 Å². The summed E-state index contributed by atoms with van der Waals surface area (Å²) >= 11 is 0. The van der Waals surface area contributed by atoms with Gasteiger partial charge in [0.2, 0.25) is 8.67 Å². The molecule has 1 aliphatic heterocycles. The number of hydrogen-bond donors (Lipinski definition) is 1. The topological polar surface area (TPSA) is 41.5 Å². The average Bonchev–Trinajstić information content (AvgIpc) is 2.47. The summed E-state index contributed by atoms with van der Waals surface area (Å²) in [7, 11) is 0.0895. The molecule has 0 amide bonds. The van der Waals surface area contributed by atoms with Gasteiger partial charge in [0.1, 0.15) is 6.26 Å². The molecular weight excluding hydrogens is 187 g/mol. The third-order valence-electron chi connectivity index (χ3n) is 2.06. The molecule has 0 spiro atoms. The first kappa shape index (κ1) is 8.73. The van der Waals surface area contributed by atoms with Crippen LogP contribution < -0.4 is 10.2 Å². The van der Waals surface area contributed by atoms with Gasteiger partial charge in [-0.15, -0.1) is 0 Å². The molecule has 2 heterocycles. The molecule has 0 saturated carbocycles. The van der Waals surface area contributed by atoms with Crippen molar-refractivity contribution >= 4 is 14.4 Å². The van der Waals surface area contributed by atoms with Crippen LogP contribution in [0.5, 0.6) is 0 Å². The lowest BCUT2D eigenvalue weighted by molar-refractivity contribution is 0.580. The fraction of sp³-hybridized carbons (Fsp3) is 0.500. The van der Waals surface area contributed by atoms with Crippen molar-refractivity contribution in [2.24, 2.45) is 0 Å². The van der Waals surface area contributed by atoms with Crippen molar-refractivity contribution in [2.75, 3.05) is 31.1 Å². The standard InChI is InChI=1S/C8H13N2O2P/c1-6-11-13-12-7-8(1)10-4-2-9-3-5-10/h1,6-7,9,13H,2-5H2. The predicted molar refractivity (Wildman–Crippen MR) is 53.2 cm³/mol. The van der Waals surface area contributed by atoms with E-state index >= 15 is 0 Å². The Bertz CT molecular complexity index is 265. The molecule has 0 aliphatic carbocycles. The highest BCUT2D eigenvalue weighted by molar-refractivity contribution is 7.15. The SMILES string of the molecule is c1cc(N2CCNCC2)co[pH]o1. The summed E-state index contributed by atoms with van der Waals surface area (Å²) in [6.45, 7) is 4.13. The van der Waals surface area contributed by atoms with Crippen LogP contribution in [0.15, 0.2) is 27.0 Å². The number of nitrogens with one attached hydrogen (secondary N) is 1. The van der Waals surface area contributed by atoms with Crippen LogP contribution in [0.4, 0.5) is 5.69 Å². The van der Waals surface area contributed by atoms with E-state index in [9.17, 15) is 0 Å². The van der Waals surface area contributed by atoms with Crippen LogP contribution in [0.1, 0.15) is 0 Å². The van der Waals surface area contributed by atoms with Crippen LogP contribution in [0, 0.1) is 0 Å². The molecule has 2 rings (SSSR count). The van der Waals surface area contributed by atoms with E-state index in [1.165, 1.54) is 0 Å². The van der Waals surface area contributed by atoms with Crippen molar-refractivity contribution in [3.8, 4) is 0 Å². The Hall–Kier alpha value is -0.860. The highest BCUT2D eigenvalue weighted by atomic mass is 31.1. The zero-order valence-corrected chi connectivity index (χ0v) is 8.32. The minimum atomic E-state index is 0.0895. The third kappa shape index (κ3) is 2.29. The monoisotopic (exact) mass is 200 g/mol. The van der Waals surface area contributed by atoms with Crippen LogP contribution in [0.3, 0.4) is 0 Å². The van der Waals surface area contributed by atoms with Crippen molar-refractivity contribution in [2.45, 2.75) is 0 Å². The van der Waals surface area contributed by atoms with Gasteiger partial charge in [0, 0.05) is 32.2 Å². The molecule has 0 bridgehead atoms. The Labute approximate surface area is 78.5 Å². The summed E-state index contributed by atoms with van der Waals surface area (Å²) in [5.41, 5.74) is 1.10. The summed E-state index contributed by atoms with van der Waals surface area (Å²) in [5, 5.41) is 3.31. The van der Waals surface area contributed by atoms with Crippen molar-refractivity contribution in [3.05, 3.63) is 18.6 Å². The molecule has 1 aromatic heterocycles. The first-order valence-electron chi connectivity index (χ1n) is 4.35. The fourth-order valence-corrected chi connectivity index (χ4v) is 1.73. The maximum absolute atomic E-state index is 5.18. The Kier molecular flexibility index (Phi) is 2.95.